The zero-order valence-electron chi connectivity index (χ0n) is 16.9. The van der Waals surface area contributed by atoms with Gasteiger partial charge in [-0.1, -0.05) is 48.0 Å². The fourth-order valence-corrected chi connectivity index (χ4v) is 3.72. The van der Waals surface area contributed by atoms with Crippen molar-refractivity contribution in [3.63, 3.8) is 0 Å². The summed E-state index contributed by atoms with van der Waals surface area (Å²) in [5.74, 6) is -3.90. The zero-order chi connectivity index (χ0) is 23.0. The molecule has 0 bridgehead atoms. The average Bonchev–Trinajstić information content (AvgIpc) is 3.05. The summed E-state index contributed by atoms with van der Waals surface area (Å²) in [5.41, 5.74) is 1.62. The normalized spacial score (nSPS) is 17.6. The molecule has 0 aromatic heterocycles. The molecule has 0 spiro atoms. The van der Waals surface area contributed by atoms with Crippen molar-refractivity contribution in [3.05, 3.63) is 106 Å². The van der Waals surface area contributed by atoms with E-state index in [-0.39, 0.29) is 22.6 Å². The van der Waals surface area contributed by atoms with Crippen LogP contribution >= 0.6 is 0 Å². The number of aromatic carboxylic acids is 1. The van der Waals surface area contributed by atoms with Crippen molar-refractivity contribution in [1.29, 1.82) is 0 Å². The Morgan fingerprint density at radius 3 is 2.19 bits per heavy atom. The molecular formula is C25H18FNO5. The van der Waals surface area contributed by atoms with E-state index >= 15 is 0 Å². The van der Waals surface area contributed by atoms with Crippen molar-refractivity contribution >= 4 is 29.1 Å². The van der Waals surface area contributed by atoms with E-state index in [4.69, 9.17) is 0 Å². The molecule has 3 aromatic carbocycles. The molecule has 1 amide bonds. The maximum absolute atomic E-state index is 13.6. The number of aliphatic hydroxyl groups is 1. The second-order valence-electron chi connectivity index (χ2n) is 7.44. The zero-order valence-corrected chi connectivity index (χ0v) is 16.9. The van der Waals surface area contributed by atoms with Crippen LogP contribution in [0.3, 0.4) is 0 Å². The molecule has 1 aliphatic heterocycles. The molecule has 1 heterocycles. The lowest BCUT2D eigenvalue weighted by atomic mass is 9.95. The summed E-state index contributed by atoms with van der Waals surface area (Å²) in [7, 11) is 0. The third-order valence-corrected chi connectivity index (χ3v) is 5.33. The fraction of sp³-hybridized carbons (Fsp3) is 0.0800. The van der Waals surface area contributed by atoms with Gasteiger partial charge in [-0.25, -0.2) is 9.18 Å². The van der Waals surface area contributed by atoms with Gasteiger partial charge in [0.05, 0.1) is 17.2 Å². The predicted molar refractivity (Wildman–Crippen MR) is 116 cm³/mol. The summed E-state index contributed by atoms with van der Waals surface area (Å²) in [6, 6.07) is 16.5. The number of anilines is 1. The maximum Gasteiger partial charge on any atom is 0.335 e. The molecule has 1 saturated heterocycles. The van der Waals surface area contributed by atoms with Gasteiger partial charge in [0.15, 0.2) is 0 Å². The van der Waals surface area contributed by atoms with Crippen LogP contribution in [0.4, 0.5) is 10.1 Å². The van der Waals surface area contributed by atoms with Crippen LogP contribution in [0.2, 0.25) is 0 Å². The summed E-state index contributed by atoms with van der Waals surface area (Å²) >= 11 is 0. The lowest BCUT2D eigenvalue weighted by molar-refractivity contribution is -0.132. The van der Waals surface area contributed by atoms with Gasteiger partial charge < -0.3 is 10.2 Å². The van der Waals surface area contributed by atoms with E-state index in [1.54, 1.807) is 24.3 Å². The summed E-state index contributed by atoms with van der Waals surface area (Å²) in [5, 5.41) is 20.3. The third-order valence-electron chi connectivity index (χ3n) is 5.33. The third kappa shape index (κ3) is 3.65. The summed E-state index contributed by atoms with van der Waals surface area (Å²) < 4.78 is 13.6. The molecule has 0 radical (unpaired) electrons. The summed E-state index contributed by atoms with van der Waals surface area (Å²) in [6.07, 6.45) is 0. The molecule has 3 aromatic rings. The molecule has 160 valence electrons. The number of aliphatic hydroxyl groups excluding tert-OH is 1. The van der Waals surface area contributed by atoms with Crippen LogP contribution in [-0.2, 0) is 9.59 Å². The number of hydrogen-bond acceptors (Lipinski definition) is 4. The van der Waals surface area contributed by atoms with Crippen LogP contribution in [-0.4, -0.2) is 27.9 Å². The van der Waals surface area contributed by atoms with Crippen molar-refractivity contribution in [3.8, 4) is 0 Å². The molecule has 2 N–H and O–H groups in total. The number of hydrogen-bond donors (Lipinski definition) is 2. The summed E-state index contributed by atoms with van der Waals surface area (Å²) in [6.45, 7) is 1.87. The molecular weight excluding hydrogens is 413 g/mol. The van der Waals surface area contributed by atoms with Crippen molar-refractivity contribution in [2.24, 2.45) is 0 Å². The second-order valence-corrected chi connectivity index (χ2v) is 7.44. The first-order chi connectivity index (χ1) is 15.3. The largest absolute Gasteiger partial charge is 0.507 e. The first kappa shape index (κ1) is 21.0. The molecule has 1 fully saturated rings. The number of amides is 1. The van der Waals surface area contributed by atoms with Crippen LogP contribution in [0, 0.1) is 12.7 Å². The highest BCUT2D eigenvalue weighted by Crippen LogP contribution is 2.42. The van der Waals surface area contributed by atoms with E-state index < -0.39 is 29.5 Å². The monoisotopic (exact) mass is 431 g/mol. The smallest absolute Gasteiger partial charge is 0.335 e. The molecule has 0 saturated carbocycles. The van der Waals surface area contributed by atoms with Crippen LogP contribution in [0.1, 0.15) is 33.1 Å². The minimum atomic E-state index is -1.19. The van der Waals surface area contributed by atoms with Crippen molar-refractivity contribution in [2.75, 3.05) is 4.90 Å². The van der Waals surface area contributed by atoms with Crippen LogP contribution in [0.25, 0.3) is 5.76 Å². The topological polar surface area (TPSA) is 94.9 Å². The van der Waals surface area contributed by atoms with Crippen molar-refractivity contribution < 1.29 is 29.0 Å². The Kier molecular flexibility index (Phi) is 5.32. The first-order valence-corrected chi connectivity index (χ1v) is 9.75. The van der Waals surface area contributed by atoms with Crippen molar-refractivity contribution in [1.82, 2.24) is 0 Å². The highest BCUT2D eigenvalue weighted by atomic mass is 19.1. The van der Waals surface area contributed by atoms with Gasteiger partial charge in [0.2, 0.25) is 0 Å². The minimum absolute atomic E-state index is 0.0687. The molecule has 1 atom stereocenters. The molecule has 6 nitrogen and oxygen atoms in total. The van der Waals surface area contributed by atoms with Gasteiger partial charge >= 0.3 is 5.97 Å². The van der Waals surface area contributed by atoms with Gasteiger partial charge in [0.25, 0.3) is 11.7 Å². The number of carbonyl (C=O) groups excluding carboxylic acids is 2. The Morgan fingerprint density at radius 1 is 0.906 bits per heavy atom. The van der Waals surface area contributed by atoms with E-state index in [1.165, 1.54) is 48.5 Å². The molecule has 0 aliphatic carbocycles. The van der Waals surface area contributed by atoms with Crippen molar-refractivity contribution in [2.45, 2.75) is 13.0 Å². The number of nitrogens with zero attached hydrogens (tertiary/aromatic N) is 1. The van der Waals surface area contributed by atoms with E-state index in [9.17, 15) is 29.0 Å². The SMILES string of the molecule is Cc1ccc(C(O)=C2C(=O)C(=O)N(c3cccc(C(=O)O)c3)C2c2ccc(F)cc2)cc1. The van der Waals surface area contributed by atoms with Gasteiger partial charge in [0, 0.05) is 11.3 Å². The highest BCUT2D eigenvalue weighted by molar-refractivity contribution is 6.51. The number of carboxylic acid groups (broad SMARTS) is 1. The Bertz CT molecular complexity index is 1260. The molecule has 1 unspecified atom stereocenters. The number of rotatable bonds is 4. The van der Waals surface area contributed by atoms with Gasteiger partial charge in [-0.3, -0.25) is 14.5 Å². The standard InChI is InChI=1S/C25H18FNO5/c1-14-5-7-16(8-6-14)22(28)20-21(15-9-11-18(26)12-10-15)27(24(30)23(20)29)19-4-2-3-17(13-19)25(31)32/h2-13,21,28H,1H3,(H,31,32). The Balaban J connectivity index is 1.94. The minimum Gasteiger partial charge on any atom is -0.507 e. The maximum atomic E-state index is 13.6. The lowest BCUT2D eigenvalue weighted by Gasteiger charge is -2.25. The number of halogens is 1. The molecule has 32 heavy (non-hydrogen) atoms. The first-order valence-electron chi connectivity index (χ1n) is 9.75. The average molecular weight is 431 g/mol. The number of carboxylic acids is 1. The quantitative estimate of drug-likeness (QED) is 0.361. The van der Waals surface area contributed by atoms with E-state index in [1.807, 2.05) is 6.92 Å². The number of aryl methyl sites for hydroxylation is 1. The van der Waals surface area contributed by atoms with Gasteiger partial charge in [-0.15, -0.1) is 0 Å². The Hall–Kier alpha value is -4.26. The van der Waals surface area contributed by atoms with E-state index in [2.05, 4.69) is 0 Å². The van der Waals surface area contributed by atoms with Crippen LogP contribution < -0.4 is 4.90 Å². The van der Waals surface area contributed by atoms with E-state index in [0.717, 1.165) is 10.5 Å². The number of ketones is 1. The molecule has 4 rings (SSSR count). The number of benzene rings is 3. The Morgan fingerprint density at radius 2 is 1.56 bits per heavy atom. The van der Waals surface area contributed by atoms with Crippen LogP contribution in [0.15, 0.2) is 78.4 Å². The fourth-order valence-electron chi connectivity index (χ4n) is 3.72. The predicted octanol–water partition coefficient (Wildman–Crippen LogP) is 4.46. The van der Waals surface area contributed by atoms with Crippen LogP contribution in [0.5, 0.6) is 0 Å². The number of Topliss-reactive ketones (excluding diaryl/α,β-unsaturated/α-hetero) is 1. The van der Waals surface area contributed by atoms with Gasteiger partial charge in [-0.05, 0) is 42.8 Å². The highest BCUT2D eigenvalue weighted by Gasteiger charge is 2.47. The summed E-state index contributed by atoms with van der Waals surface area (Å²) in [4.78, 5) is 38.6. The Labute approximate surface area is 182 Å². The molecule has 1 aliphatic rings. The van der Waals surface area contributed by atoms with Gasteiger partial charge in [-0.2, -0.15) is 0 Å². The second kappa shape index (κ2) is 8.11. The lowest BCUT2D eigenvalue weighted by Crippen LogP contribution is -2.29. The van der Waals surface area contributed by atoms with E-state index in [0.29, 0.717) is 11.1 Å². The molecule has 7 heteroatoms. The van der Waals surface area contributed by atoms with Gasteiger partial charge in [0.1, 0.15) is 11.6 Å². The number of carbonyl (C=O) groups is 3.